The summed E-state index contributed by atoms with van der Waals surface area (Å²) >= 11 is 5.83. The maximum absolute atomic E-state index is 12.9. The summed E-state index contributed by atoms with van der Waals surface area (Å²) in [6.45, 7) is 8.10. The number of anilines is 1. The van der Waals surface area contributed by atoms with Crippen molar-refractivity contribution in [3.63, 3.8) is 0 Å². The number of benzene rings is 2. The zero-order valence-electron chi connectivity index (χ0n) is 19.0. The Balaban J connectivity index is 1.64. The molecule has 3 aromatic rings. The van der Waals surface area contributed by atoms with E-state index < -0.39 is 0 Å². The van der Waals surface area contributed by atoms with Gasteiger partial charge in [-0.05, 0) is 80.0 Å². The normalized spacial score (nSPS) is 15.8. The van der Waals surface area contributed by atoms with Crippen LogP contribution in [0.25, 0.3) is 10.9 Å². The molecule has 32 heavy (non-hydrogen) atoms. The SMILES string of the molecule is CCc1ccccc1NC(=S)N(Cc1cc2cc(C)cc(C)c2[nH]c1=O)C[C@H]1CCCO1. The first-order chi connectivity index (χ1) is 15.4. The summed E-state index contributed by atoms with van der Waals surface area (Å²) in [4.78, 5) is 18.1. The van der Waals surface area contributed by atoms with E-state index in [0.29, 0.717) is 23.8 Å². The topological polar surface area (TPSA) is 57.4 Å². The average molecular weight is 450 g/mol. The lowest BCUT2D eigenvalue weighted by molar-refractivity contribution is 0.0904. The molecule has 2 aromatic carbocycles. The lowest BCUT2D eigenvalue weighted by atomic mass is 10.1. The number of para-hydroxylation sites is 1. The highest BCUT2D eigenvalue weighted by Crippen LogP contribution is 2.21. The Labute approximate surface area is 194 Å². The van der Waals surface area contributed by atoms with Gasteiger partial charge in [0, 0.05) is 24.4 Å². The average Bonchev–Trinajstić information content (AvgIpc) is 3.28. The van der Waals surface area contributed by atoms with Gasteiger partial charge in [-0.2, -0.15) is 0 Å². The molecule has 1 aliphatic heterocycles. The molecule has 1 fully saturated rings. The van der Waals surface area contributed by atoms with Crippen molar-refractivity contribution >= 4 is 33.9 Å². The molecule has 0 amide bonds. The van der Waals surface area contributed by atoms with Crippen LogP contribution in [0.4, 0.5) is 5.69 Å². The van der Waals surface area contributed by atoms with E-state index in [2.05, 4.69) is 47.2 Å². The molecule has 5 nitrogen and oxygen atoms in total. The van der Waals surface area contributed by atoms with Crippen molar-refractivity contribution in [3.05, 3.63) is 75.1 Å². The lowest BCUT2D eigenvalue weighted by Gasteiger charge is -2.28. The fourth-order valence-corrected chi connectivity index (χ4v) is 4.70. The second kappa shape index (κ2) is 9.84. The lowest BCUT2D eigenvalue weighted by Crippen LogP contribution is -2.40. The zero-order chi connectivity index (χ0) is 22.7. The van der Waals surface area contributed by atoms with Gasteiger partial charge in [-0.1, -0.05) is 36.8 Å². The number of aryl methyl sites for hydroxylation is 3. The molecule has 4 rings (SSSR count). The number of pyridine rings is 1. The van der Waals surface area contributed by atoms with Crippen LogP contribution in [0.5, 0.6) is 0 Å². The van der Waals surface area contributed by atoms with Crippen LogP contribution in [0.3, 0.4) is 0 Å². The monoisotopic (exact) mass is 449 g/mol. The van der Waals surface area contributed by atoms with Crippen molar-refractivity contribution in [3.8, 4) is 0 Å². The number of aromatic amines is 1. The molecule has 0 aliphatic carbocycles. The number of rotatable bonds is 6. The van der Waals surface area contributed by atoms with Crippen molar-refractivity contribution in [2.75, 3.05) is 18.5 Å². The van der Waals surface area contributed by atoms with Crippen molar-refractivity contribution < 1.29 is 4.74 Å². The molecule has 1 saturated heterocycles. The fraction of sp³-hybridized carbons (Fsp3) is 0.385. The van der Waals surface area contributed by atoms with Gasteiger partial charge in [-0.3, -0.25) is 4.79 Å². The van der Waals surface area contributed by atoms with E-state index in [9.17, 15) is 4.79 Å². The third-order valence-electron chi connectivity index (χ3n) is 6.11. The number of nitrogens with zero attached hydrogens (tertiary/aromatic N) is 1. The largest absolute Gasteiger partial charge is 0.376 e. The fourth-order valence-electron chi connectivity index (χ4n) is 4.45. The van der Waals surface area contributed by atoms with E-state index in [1.807, 2.05) is 31.2 Å². The molecule has 1 atom stereocenters. The number of fused-ring (bicyclic) bond motifs is 1. The van der Waals surface area contributed by atoms with Crippen LogP contribution >= 0.6 is 12.2 Å². The molecular formula is C26H31N3O2S. The number of nitrogens with one attached hydrogen (secondary N) is 2. The van der Waals surface area contributed by atoms with Gasteiger partial charge < -0.3 is 19.9 Å². The summed E-state index contributed by atoms with van der Waals surface area (Å²) < 4.78 is 5.88. The van der Waals surface area contributed by atoms with Crippen LogP contribution in [0, 0.1) is 13.8 Å². The number of hydrogen-bond acceptors (Lipinski definition) is 3. The van der Waals surface area contributed by atoms with Crippen molar-refractivity contribution in [1.82, 2.24) is 9.88 Å². The van der Waals surface area contributed by atoms with E-state index in [0.717, 1.165) is 48.0 Å². The Morgan fingerprint density at radius 2 is 2.03 bits per heavy atom. The summed E-state index contributed by atoms with van der Waals surface area (Å²) in [5.74, 6) is 0. The predicted octanol–water partition coefficient (Wildman–Crippen LogP) is 5.09. The number of H-pyrrole nitrogens is 1. The minimum absolute atomic E-state index is 0.0708. The molecule has 0 radical (unpaired) electrons. The van der Waals surface area contributed by atoms with Crippen LogP contribution in [0.1, 0.15) is 42.0 Å². The summed E-state index contributed by atoms with van der Waals surface area (Å²) in [6.07, 6.45) is 3.12. The van der Waals surface area contributed by atoms with Crippen LogP contribution in [0.15, 0.2) is 47.3 Å². The number of aromatic nitrogens is 1. The van der Waals surface area contributed by atoms with Gasteiger partial charge in [0.1, 0.15) is 0 Å². The van der Waals surface area contributed by atoms with Crippen LogP contribution in [-0.2, 0) is 17.7 Å². The van der Waals surface area contributed by atoms with Crippen molar-refractivity contribution in [1.29, 1.82) is 0 Å². The summed E-state index contributed by atoms with van der Waals surface area (Å²) in [7, 11) is 0. The van der Waals surface area contributed by atoms with Gasteiger partial charge in [0.2, 0.25) is 0 Å². The first-order valence-electron chi connectivity index (χ1n) is 11.3. The summed E-state index contributed by atoms with van der Waals surface area (Å²) in [6, 6.07) is 14.4. The van der Waals surface area contributed by atoms with E-state index in [4.69, 9.17) is 17.0 Å². The van der Waals surface area contributed by atoms with Gasteiger partial charge in [0.15, 0.2) is 5.11 Å². The molecule has 0 bridgehead atoms. The molecule has 6 heteroatoms. The Morgan fingerprint density at radius 3 is 2.78 bits per heavy atom. The standard InChI is InChI=1S/C26H31N3O2S/c1-4-19-8-5-6-10-23(19)27-26(32)29(16-22-9-7-11-31-22)15-21-14-20-13-17(2)12-18(3)24(20)28-25(21)30/h5-6,8,10,12-14,22H,4,7,9,11,15-16H2,1-3H3,(H,27,32)(H,28,30)/t22-/m1/s1. The van der Waals surface area contributed by atoms with Crippen LogP contribution in [0.2, 0.25) is 0 Å². The number of ether oxygens (including phenoxy) is 1. The van der Waals surface area contributed by atoms with Gasteiger partial charge >= 0.3 is 0 Å². The van der Waals surface area contributed by atoms with Crippen molar-refractivity contribution in [2.45, 2.75) is 52.7 Å². The zero-order valence-corrected chi connectivity index (χ0v) is 19.8. The molecule has 168 valence electrons. The summed E-state index contributed by atoms with van der Waals surface area (Å²) in [5.41, 5.74) is 6.00. The van der Waals surface area contributed by atoms with Crippen LogP contribution < -0.4 is 10.9 Å². The highest BCUT2D eigenvalue weighted by Gasteiger charge is 2.22. The molecule has 2 heterocycles. The van der Waals surface area contributed by atoms with Gasteiger partial charge in [0.25, 0.3) is 5.56 Å². The molecule has 1 aliphatic rings. The third kappa shape index (κ3) is 5.03. The minimum Gasteiger partial charge on any atom is -0.376 e. The maximum Gasteiger partial charge on any atom is 0.253 e. The Bertz CT molecular complexity index is 1180. The molecule has 0 unspecified atom stereocenters. The quantitative estimate of drug-likeness (QED) is 0.514. The number of hydrogen-bond donors (Lipinski definition) is 2. The van der Waals surface area contributed by atoms with Gasteiger partial charge in [-0.25, -0.2) is 0 Å². The molecule has 1 aromatic heterocycles. The molecule has 0 saturated carbocycles. The maximum atomic E-state index is 12.9. The van der Waals surface area contributed by atoms with Gasteiger partial charge in [-0.15, -0.1) is 0 Å². The summed E-state index contributed by atoms with van der Waals surface area (Å²) in [5, 5.41) is 5.08. The third-order valence-corrected chi connectivity index (χ3v) is 6.47. The van der Waals surface area contributed by atoms with Gasteiger partial charge in [0.05, 0.1) is 18.2 Å². The molecule has 0 spiro atoms. The highest BCUT2D eigenvalue weighted by atomic mass is 32.1. The molecular weight excluding hydrogens is 418 g/mol. The molecule has 2 N–H and O–H groups in total. The Hall–Kier alpha value is -2.70. The Kier molecular flexibility index (Phi) is 6.92. The van der Waals surface area contributed by atoms with Crippen molar-refractivity contribution in [2.24, 2.45) is 0 Å². The minimum atomic E-state index is -0.0708. The van der Waals surface area contributed by atoms with E-state index in [-0.39, 0.29) is 11.7 Å². The second-order valence-corrected chi connectivity index (χ2v) is 9.01. The predicted molar refractivity (Wildman–Crippen MR) is 135 cm³/mol. The van der Waals surface area contributed by atoms with E-state index in [1.54, 1.807) is 0 Å². The number of thiocarbonyl (C=S) groups is 1. The van der Waals surface area contributed by atoms with E-state index in [1.165, 1.54) is 11.1 Å². The van der Waals surface area contributed by atoms with E-state index >= 15 is 0 Å². The first kappa shape index (κ1) is 22.5. The van der Waals surface area contributed by atoms with Crippen LogP contribution in [-0.4, -0.2) is 34.3 Å². The smallest absolute Gasteiger partial charge is 0.253 e. The first-order valence-corrected chi connectivity index (χ1v) is 11.7. The second-order valence-electron chi connectivity index (χ2n) is 8.63. The highest BCUT2D eigenvalue weighted by molar-refractivity contribution is 7.80. The Morgan fingerprint density at radius 1 is 1.22 bits per heavy atom.